The van der Waals surface area contributed by atoms with E-state index in [1.54, 1.807) is 12.1 Å². The molecule has 1 aliphatic rings. The second-order valence-electron chi connectivity index (χ2n) is 6.99. The zero-order chi connectivity index (χ0) is 16.5. The number of carboxylic acids is 1. The summed E-state index contributed by atoms with van der Waals surface area (Å²) in [6.07, 6.45) is 3.26. The smallest absolute Gasteiger partial charge is 0.326 e. The predicted molar refractivity (Wildman–Crippen MR) is 86.9 cm³/mol. The van der Waals surface area contributed by atoms with Gasteiger partial charge >= 0.3 is 5.97 Å². The van der Waals surface area contributed by atoms with Gasteiger partial charge in [-0.1, -0.05) is 26.7 Å². The Morgan fingerprint density at radius 2 is 2.18 bits per heavy atom. The first-order chi connectivity index (χ1) is 10.3. The highest BCUT2D eigenvalue weighted by Crippen LogP contribution is 2.45. The lowest BCUT2D eigenvalue weighted by Gasteiger charge is -2.50. The highest BCUT2D eigenvalue weighted by Gasteiger charge is 2.42. The molecule has 0 saturated carbocycles. The molecule has 0 fully saturated rings. The molecule has 0 aliphatic carbocycles. The number of hydrogen-bond donors (Lipinski definition) is 1. The summed E-state index contributed by atoms with van der Waals surface area (Å²) in [5.74, 6) is -0.838. The van der Waals surface area contributed by atoms with Gasteiger partial charge in [0.2, 0.25) is 0 Å². The lowest BCUT2D eigenvalue weighted by atomic mass is 9.78. The fourth-order valence-electron chi connectivity index (χ4n) is 3.77. The number of hydrogen-bond acceptors (Lipinski definition) is 2. The van der Waals surface area contributed by atoms with Crippen LogP contribution in [-0.2, 0) is 4.79 Å². The minimum atomic E-state index is -0.800. The first kappa shape index (κ1) is 16.8. The molecular formula is C18H26FNO2. The second-order valence-corrected chi connectivity index (χ2v) is 6.99. The number of carboxylic acid groups (broad SMARTS) is 1. The van der Waals surface area contributed by atoms with Crippen LogP contribution >= 0.6 is 0 Å². The normalized spacial score (nSPS) is 21.3. The monoisotopic (exact) mass is 307 g/mol. The third-order valence-corrected chi connectivity index (χ3v) is 4.67. The van der Waals surface area contributed by atoms with Crippen molar-refractivity contribution in [3.8, 4) is 0 Å². The van der Waals surface area contributed by atoms with Crippen LogP contribution in [0.15, 0.2) is 18.2 Å². The van der Waals surface area contributed by atoms with Gasteiger partial charge in [-0.05, 0) is 56.4 Å². The molecule has 1 heterocycles. The second kappa shape index (κ2) is 6.27. The molecule has 0 saturated heterocycles. The molecule has 0 aromatic heterocycles. The zero-order valence-electron chi connectivity index (χ0n) is 13.9. The summed E-state index contributed by atoms with van der Waals surface area (Å²) in [6, 6.07) is 4.16. The first-order valence-electron chi connectivity index (χ1n) is 8.09. The number of nitrogens with zero attached hydrogens (tertiary/aromatic N) is 1. The van der Waals surface area contributed by atoms with Gasteiger partial charge in [0, 0.05) is 11.2 Å². The van der Waals surface area contributed by atoms with Crippen molar-refractivity contribution in [3.63, 3.8) is 0 Å². The molecule has 0 amide bonds. The van der Waals surface area contributed by atoms with Crippen molar-refractivity contribution >= 4 is 11.7 Å². The van der Waals surface area contributed by atoms with Crippen LogP contribution in [0.3, 0.4) is 0 Å². The molecule has 2 rings (SSSR count). The standard InChI is InChI=1S/C18H26FNO2/c1-5-6-7-16(17(21)22)20-15-9-8-13(19)10-14(15)12(2)11-18(20,3)4/h8-10,12,16H,5-7,11H2,1-4H3,(H,21,22)/t12-,16+/m1/s1. The van der Waals surface area contributed by atoms with E-state index >= 15 is 0 Å². The molecule has 1 aromatic rings. The number of unbranched alkanes of at least 4 members (excludes halogenated alkanes) is 1. The van der Waals surface area contributed by atoms with Crippen LogP contribution in [0.25, 0.3) is 0 Å². The van der Waals surface area contributed by atoms with E-state index in [1.165, 1.54) is 6.07 Å². The van der Waals surface area contributed by atoms with Crippen molar-refractivity contribution in [3.05, 3.63) is 29.6 Å². The van der Waals surface area contributed by atoms with Crippen LogP contribution in [-0.4, -0.2) is 22.7 Å². The van der Waals surface area contributed by atoms with E-state index in [1.807, 2.05) is 4.90 Å². The van der Waals surface area contributed by atoms with Crippen molar-refractivity contribution in [2.75, 3.05) is 4.90 Å². The van der Waals surface area contributed by atoms with Crippen LogP contribution in [0.4, 0.5) is 10.1 Å². The Balaban J connectivity index is 2.51. The van der Waals surface area contributed by atoms with E-state index in [0.717, 1.165) is 30.5 Å². The van der Waals surface area contributed by atoms with Gasteiger partial charge < -0.3 is 10.0 Å². The van der Waals surface area contributed by atoms with E-state index in [2.05, 4.69) is 27.7 Å². The first-order valence-corrected chi connectivity index (χ1v) is 8.09. The quantitative estimate of drug-likeness (QED) is 0.867. The van der Waals surface area contributed by atoms with Crippen LogP contribution in [0.2, 0.25) is 0 Å². The summed E-state index contributed by atoms with van der Waals surface area (Å²) in [5.41, 5.74) is 1.52. The number of rotatable bonds is 5. The summed E-state index contributed by atoms with van der Waals surface area (Å²) in [7, 11) is 0. The lowest BCUT2D eigenvalue weighted by molar-refractivity contribution is -0.139. The Hall–Kier alpha value is -1.58. The van der Waals surface area contributed by atoms with Crippen molar-refractivity contribution < 1.29 is 14.3 Å². The third-order valence-electron chi connectivity index (χ3n) is 4.67. The predicted octanol–water partition coefficient (Wildman–Crippen LogP) is 4.56. The van der Waals surface area contributed by atoms with Crippen LogP contribution in [0.1, 0.15) is 64.9 Å². The molecule has 1 aliphatic heterocycles. The maximum Gasteiger partial charge on any atom is 0.326 e. The SMILES string of the molecule is CCCC[C@@H](C(=O)O)N1c2ccc(F)cc2[C@H](C)CC1(C)C. The Morgan fingerprint density at radius 3 is 2.77 bits per heavy atom. The molecule has 2 atom stereocenters. The number of halogens is 1. The fraction of sp³-hybridized carbons (Fsp3) is 0.611. The molecule has 0 bridgehead atoms. The number of carbonyl (C=O) groups is 1. The lowest BCUT2D eigenvalue weighted by Crippen LogP contribution is -2.56. The van der Waals surface area contributed by atoms with E-state index < -0.39 is 12.0 Å². The number of aliphatic carboxylic acids is 1. The van der Waals surface area contributed by atoms with Gasteiger partial charge in [-0.25, -0.2) is 9.18 Å². The molecule has 1 aromatic carbocycles. The summed E-state index contributed by atoms with van der Waals surface area (Å²) < 4.78 is 13.6. The molecule has 0 spiro atoms. The average Bonchev–Trinajstić information content (AvgIpc) is 2.41. The molecule has 0 unspecified atom stereocenters. The van der Waals surface area contributed by atoms with Gasteiger partial charge in [0.25, 0.3) is 0 Å². The Kier molecular flexibility index (Phi) is 4.78. The fourth-order valence-corrected chi connectivity index (χ4v) is 3.77. The van der Waals surface area contributed by atoms with Gasteiger partial charge in [-0.2, -0.15) is 0 Å². The number of anilines is 1. The van der Waals surface area contributed by atoms with Crippen molar-refractivity contribution in [2.24, 2.45) is 0 Å². The minimum Gasteiger partial charge on any atom is -0.480 e. The molecule has 122 valence electrons. The van der Waals surface area contributed by atoms with Crippen molar-refractivity contribution in [2.45, 2.75) is 70.9 Å². The highest BCUT2D eigenvalue weighted by atomic mass is 19.1. The topological polar surface area (TPSA) is 40.5 Å². The summed E-state index contributed by atoms with van der Waals surface area (Å²) in [6.45, 7) is 8.31. The van der Waals surface area contributed by atoms with Gasteiger partial charge in [-0.3, -0.25) is 0 Å². The third kappa shape index (κ3) is 3.11. The molecule has 0 radical (unpaired) electrons. The maximum absolute atomic E-state index is 13.6. The minimum absolute atomic E-state index is 0.220. The highest BCUT2D eigenvalue weighted by molar-refractivity contribution is 5.80. The van der Waals surface area contributed by atoms with Crippen molar-refractivity contribution in [1.82, 2.24) is 0 Å². The molecular weight excluding hydrogens is 281 g/mol. The molecule has 22 heavy (non-hydrogen) atoms. The van der Waals surface area contributed by atoms with E-state index in [9.17, 15) is 14.3 Å². The molecule has 4 heteroatoms. The van der Waals surface area contributed by atoms with Gasteiger partial charge in [0.05, 0.1) is 0 Å². The van der Waals surface area contributed by atoms with Gasteiger partial charge in [0.1, 0.15) is 11.9 Å². The number of fused-ring (bicyclic) bond motifs is 1. The van der Waals surface area contributed by atoms with Crippen molar-refractivity contribution in [1.29, 1.82) is 0 Å². The summed E-state index contributed by atoms with van der Waals surface area (Å²) in [4.78, 5) is 13.8. The number of benzene rings is 1. The van der Waals surface area contributed by atoms with E-state index in [4.69, 9.17) is 0 Å². The Bertz CT molecular complexity index is 556. The van der Waals surface area contributed by atoms with Gasteiger partial charge in [0.15, 0.2) is 0 Å². The van der Waals surface area contributed by atoms with E-state index in [-0.39, 0.29) is 17.3 Å². The van der Waals surface area contributed by atoms with Gasteiger partial charge in [-0.15, -0.1) is 0 Å². The molecule has 1 N–H and O–H groups in total. The van der Waals surface area contributed by atoms with Crippen LogP contribution in [0, 0.1) is 5.82 Å². The Morgan fingerprint density at radius 1 is 1.50 bits per heavy atom. The summed E-state index contributed by atoms with van der Waals surface area (Å²) >= 11 is 0. The largest absolute Gasteiger partial charge is 0.480 e. The van der Waals surface area contributed by atoms with E-state index in [0.29, 0.717) is 6.42 Å². The maximum atomic E-state index is 13.6. The van der Waals surface area contributed by atoms with Crippen LogP contribution < -0.4 is 4.90 Å². The average molecular weight is 307 g/mol. The van der Waals surface area contributed by atoms with Crippen LogP contribution in [0.5, 0.6) is 0 Å². The Labute approximate surface area is 132 Å². The summed E-state index contributed by atoms with van der Waals surface area (Å²) in [5, 5.41) is 9.71. The zero-order valence-corrected chi connectivity index (χ0v) is 13.9. The molecule has 3 nitrogen and oxygen atoms in total.